The molecule has 94 valence electrons. The Labute approximate surface area is 93.5 Å². The van der Waals surface area contributed by atoms with Gasteiger partial charge in [0, 0.05) is 5.92 Å². The van der Waals surface area contributed by atoms with Crippen molar-refractivity contribution in [2.24, 2.45) is 11.3 Å². The molecule has 1 rings (SSSR count). The van der Waals surface area contributed by atoms with E-state index in [0.717, 1.165) is 0 Å². The zero-order chi connectivity index (χ0) is 12.7. The number of carbonyl (C=O) groups is 1. The topological polar surface area (TPSA) is 107 Å². The molecule has 4 N–H and O–H groups in total. The molecule has 6 nitrogen and oxygen atoms in total. The van der Waals surface area contributed by atoms with Gasteiger partial charge in [-0.05, 0) is 5.41 Å². The Morgan fingerprint density at radius 2 is 1.62 bits per heavy atom. The van der Waals surface area contributed by atoms with Gasteiger partial charge in [0.2, 0.25) is 0 Å². The monoisotopic (exact) mass is 234 g/mol. The van der Waals surface area contributed by atoms with Crippen LogP contribution in [0.2, 0.25) is 0 Å². The average molecular weight is 234 g/mol. The molecule has 1 saturated heterocycles. The number of carboxylic acid groups (broad SMARTS) is 1. The zero-order valence-corrected chi connectivity index (χ0v) is 9.49. The van der Waals surface area contributed by atoms with Gasteiger partial charge in [-0.1, -0.05) is 20.8 Å². The summed E-state index contributed by atoms with van der Waals surface area (Å²) in [5.74, 6) is -2.05. The third-order valence-corrected chi connectivity index (χ3v) is 2.87. The van der Waals surface area contributed by atoms with E-state index in [9.17, 15) is 20.1 Å². The van der Waals surface area contributed by atoms with Crippen molar-refractivity contribution in [1.82, 2.24) is 0 Å². The minimum atomic E-state index is -1.67. The Morgan fingerprint density at radius 1 is 1.12 bits per heavy atom. The van der Waals surface area contributed by atoms with Crippen molar-refractivity contribution >= 4 is 5.97 Å². The van der Waals surface area contributed by atoms with Crippen LogP contribution in [0.4, 0.5) is 0 Å². The molecular weight excluding hydrogens is 216 g/mol. The van der Waals surface area contributed by atoms with Crippen LogP contribution in [0.15, 0.2) is 0 Å². The van der Waals surface area contributed by atoms with Crippen LogP contribution in [0.3, 0.4) is 0 Å². The highest BCUT2D eigenvalue weighted by atomic mass is 16.6. The van der Waals surface area contributed by atoms with Gasteiger partial charge in [-0.25, -0.2) is 4.79 Å². The summed E-state index contributed by atoms with van der Waals surface area (Å²) in [4.78, 5) is 11.0. The van der Waals surface area contributed by atoms with E-state index in [1.54, 1.807) is 20.8 Å². The van der Waals surface area contributed by atoms with E-state index in [2.05, 4.69) is 0 Å². The highest BCUT2D eigenvalue weighted by Crippen LogP contribution is 2.38. The molecule has 0 amide bonds. The van der Waals surface area contributed by atoms with E-state index in [0.29, 0.717) is 0 Å². The summed E-state index contributed by atoms with van der Waals surface area (Å²) in [5, 5.41) is 37.5. The molecule has 1 heterocycles. The SMILES string of the molecule is CC(C)(C)[C@H]1C(C(=O)O)O[C@@H](O)[C@@H](O)C1O. The second kappa shape index (κ2) is 4.29. The predicted molar refractivity (Wildman–Crippen MR) is 53.5 cm³/mol. The van der Waals surface area contributed by atoms with Crippen LogP contribution in [-0.2, 0) is 9.53 Å². The Kier molecular flexibility index (Phi) is 3.59. The molecule has 16 heavy (non-hydrogen) atoms. The summed E-state index contributed by atoms with van der Waals surface area (Å²) in [5.41, 5.74) is -0.566. The predicted octanol–water partition coefficient (Wildman–Crippen LogP) is -0.828. The largest absolute Gasteiger partial charge is 0.479 e. The molecule has 1 fully saturated rings. The van der Waals surface area contributed by atoms with E-state index in [1.807, 2.05) is 0 Å². The maximum absolute atomic E-state index is 11.0. The average Bonchev–Trinajstić information content (AvgIpc) is 2.10. The van der Waals surface area contributed by atoms with Gasteiger partial charge in [0.15, 0.2) is 12.4 Å². The molecule has 0 saturated carbocycles. The summed E-state index contributed by atoms with van der Waals surface area (Å²) in [7, 11) is 0. The summed E-state index contributed by atoms with van der Waals surface area (Å²) in [6, 6.07) is 0. The Bertz CT molecular complexity index is 271. The van der Waals surface area contributed by atoms with Crippen LogP contribution in [0, 0.1) is 11.3 Å². The van der Waals surface area contributed by atoms with Crippen molar-refractivity contribution in [2.45, 2.75) is 45.4 Å². The van der Waals surface area contributed by atoms with Crippen LogP contribution in [-0.4, -0.2) is 51.0 Å². The summed E-state index contributed by atoms with van der Waals surface area (Å²) in [6.07, 6.45) is -5.81. The van der Waals surface area contributed by atoms with Crippen LogP contribution in [0.25, 0.3) is 0 Å². The highest BCUT2D eigenvalue weighted by Gasteiger charge is 2.51. The first-order valence-corrected chi connectivity index (χ1v) is 5.08. The lowest BCUT2D eigenvalue weighted by Gasteiger charge is -2.45. The van der Waals surface area contributed by atoms with E-state index < -0.39 is 41.9 Å². The van der Waals surface area contributed by atoms with E-state index in [4.69, 9.17) is 9.84 Å². The molecular formula is C10H18O6. The lowest BCUT2D eigenvalue weighted by Crippen LogP contribution is -2.60. The minimum Gasteiger partial charge on any atom is -0.479 e. The van der Waals surface area contributed by atoms with Crippen LogP contribution in [0.5, 0.6) is 0 Å². The highest BCUT2D eigenvalue weighted by molar-refractivity contribution is 5.73. The molecule has 0 aromatic heterocycles. The van der Waals surface area contributed by atoms with Crippen LogP contribution < -0.4 is 0 Å². The van der Waals surface area contributed by atoms with Gasteiger partial charge in [-0.15, -0.1) is 0 Å². The van der Waals surface area contributed by atoms with Gasteiger partial charge < -0.3 is 25.2 Å². The third kappa shape index (κ3) is 2.35. The first-order valence-electron chi connectivity index (χ1n) is 5.08. The maximum Gasteiger partial charge on any atom is 0.333 e. The Hall–Kier alpha value is -0.690. The standard InChI is InChI=1S/C10H18O6/c1-10(2,3)4-5(11)6(12)9(15)16-7(4)8(13)14/h4-7,9,11-12,15H,1-3H3,(H,13,14)/t4-,5?,6+,7?,9-/m1/s1. The molecule has 2 unspecified atom stereocenters. The number of hydrogen-bond acceptors (Lipinski definition) is 5. The molecule has 0 aliphatic carbocycles. The van der Waals surface area contributed by atoms with Crippen molar-refractivity contribution in [3.8, 4) is 0 Å². The van der Waals surface area contributed by atoms with Crippen molar-refractivity contribution in [2.75, 3.05) is 0 Å². The number of carboxylic acids is 1. The number of aliphatic hydroxyl groups is 3. The van der Waals surface area contributed by atoms with Crippen LogP contribution in [0.1, 0.15) is 20.8 Å². The summed E-state index contributed by atoms with van der Waals surface area (Å²) < 4.78 is 4.82. The van der Waals surface area contributed by atoms with Crippen molar-refractivity contribution in [1.29, 1.82) is 0 Å². The molecule has 0 aromatic rings. The van der Waals surface area contributed by atoms with E-state index >= 15 is 0 Å². The molecule has 0 spiro atoms. The fourth-order valence-electron chi connectivity index (χ4n) is 2.05. The van der Waals surface area contributed by atoms with Gasteiger partial charge >= 0.3 is 5.97 Å². The molecule has 5 atom stereocenters. The number of hydrogen-bond donors (Lipinski definition) is 4. The number of rotatable bonds is 1. The summed E-state index contributed by atoms with van der Waals surface area (Å²) >= 11 is 0. The maximum atomic E-state index is 11.0. The van der Waals surface area contributed by atoms with Gasteiger partial charge in [0.1, 0.15) is 6.10 Å². The van der Waals surface area contributed by atoms with Crippen molar-refractivity contribution < 1.29 is 30.0 Å². The first-order chi connectivity index (χ1) is 7.16. The molecule has 6 heteroatoms. The van der Waals surface area contributed by atoms with Crippen molar-refractivity contribution in [3.05, 3.63) is 0 Å². The van der Waals surface area contributed by atoms with E-state index in [1.165, 1.54) is 0 Å². The van der Waals surface area contributed by atoms with Gasteiger partial charge in [-0.2, -0.15) is 0 Å². The smallest absolute Gasteiger partial charge is 0.333 e. The quantitative estimate of drug-likeness (QED) is 0.472. The fourth-order valence-corrected chi connectivity index (χ4v) is 2.05. The number of aliphatic hydroxyl groups excluding tert-OH is 3. The third-order valence-electron chi connectivity index (χ3n) is 2.87. The van der Waals surface area contributed by atoms with Crippen LogP contribution >= 0.6 is 0 Å². The molecule has 1 aliphatic rings. The second-order valence-electron chi connectivity index (χ2n) is 5.16. The minimum absolute atomic E-state index is 0.566. The number of aliphatic carboxylic acids is 1. The van der Waals surface area contributed by atoms with E-state index in [-0.39, 0.29) is 0 Å². The molecule has 0 radical (unpaired) electrons. The van der Waals surface area contributed by atoms with Gasteiger partial charge in [0.05, 0.1) is 6.10 Å². The second-order valence-corrected chi connectivity index (χ2v) is 5.16. The molecule has 0 bridgehead atoms. The zero-order valence-electron chi connectivity index (χ0n) is 9.49. The lowest BCUT2D eigenvalue weighted by molar-refractivity contribution is -0.280. The fraction of sp³-hybridized carbons (Fsp3) is 0.900. The number of ether oxygens (including phenoxy) is 1. The van der Waals surface area contributed by atoms with Crippen molar-refractivity contribution in [3.63, 3.8) is 0 Å². The van der Waals surface area contributed by atoms with Gasteiger partial charge in [0.25, 0.3) is 0 Å². The first kappa shape index (κ1) is 13.4. The Morgan fingerprint density at radius 3 is 2.00 bits per heavy atom. The normalized spacial score (nSPS) is 40.8. The lowest BCUT2D eigenvalue weighted by atomic mass is 9.71. The molecule has 0 aromatic carbocycles. The summed E-state index contributed by atoms with van der Waals surface area (Å²) in [6.45, 7) is 5.22. The molecule has 1 aliphatic heterocycles. The van der Waals surface area contributed by atoms with Gasteiger partial charge in [-0.3, -0.25) is 0 Å². The Balaban J connectivity index is 3.03.